The summed E-state index contributed by atoms with van der Waals surface area (Å²) in [5.74, 6) is 1.06. The minimum Gasteiger partial charge on any atom is -0.454 e. The molecule has 2 amide bonds. The van der Waals surface area contributed by atoms with Crippen LogP contribution in [0.1, 0.15) is 12.0 Å². The van der Waals surface area contributed by atoms with Crippen LogP contribution in [0.2, 0.25) is 0 Å². The second-order valence-corrected chi connectivity index (χ2v) is 8.49. The van der Waals surface area contributed by atoms with Crippen LogP contribution in [0.15, 0.2) is 66.9 Å². The van der Waals surface area contributed by atoms with E-state index in [1.165, 1.54) is 0 Å². The normalized spacial score (nSPS) is 16.9. The molecule has 2 aliphatic heterocycles. The van der Waals surface area contributed by atoms with Gasteiger partial charge >= 0.3 is 0 Å². The van der Waals surface area contributed by atoms with E-state index in [2.05, 4.69) is 5.32 Å². The number of imidazole rings is 1. The zero-order chi connectivity index (χ0) is 23.2. The van der Waals surface area contributed by atoms with E-state index in [1.54, 1.807) is 17.0 Å². The molecule has 0 radical (unpaired) electrons. The maximum Gasteiger partial charge on any atom is 0.231 e. The van der Waals surface area contributed by atoms with Crippen LogP contribution in [0, 0.1) is 12.8 Å². The number of aryl methyl sites for hydroxylation is 1. The maximum atomic E-state index is 13.4. The van der Waals surface area contributed by atoms with Crippen LogP contribution < -0.4 is 19.7 Å². The standard InChI is InChI=1S/C26H22N4O4/c1-16-6-5-11-29-24(16)27-23(17-7-3-2-4-8-17)25(29)28-26(32)18-12-22(31)30(14-18)19-9-10-20-21(13-19)34-15-33-20/h2-11,13,18H,12,14-15H2,1H3,(H,28,32)/t18-/m0/s1. The number of nitrogens with zero attached hydrogens (tertiary/aromatic N) is 3. The Morgan fingerprint density at radius 3 is 2.74 bits per heavy atom. The molecule has 1 fully saturated rings. The molecule has 4 aromatic rings. The van der Waals surface area contributed by atoms with Gasteiger partial charge in [-0.05, 0) is 30.7 Å². The predicted molar refractivity (Wildman–Crippen MR) is 127 cm³/mol. The second-order valence-electron chi connectivity index (χ2n) is 8.49. The summed E-state index contributed by atoms with van der Waals surface area (Å²) < 4.78 is 12.7. The number of fused-ring (bicyclic) bond motifs is 2. The lowest BCUT2D eigenvalue weighted by atomic mass is 10.1. The van der Waals surface area contributed by atoms with Crippen molar-refractivity contribution in [1.82, 2.24) is 9.38 Å². The number of carbonyl (C=O) groups is 2. The van der Waals surface area contributed by atoms with Gasteiger partial charge in [0, 0.05) is 36.5 Å². The fraction of sp³-hybridized carbons (Fsp3) is 0.192. The van der Waals surface area contributed by atoms with Crippen molar-refractivity contribution in [3.63, 3.8) is 0 Å². The lowest BCUT2D eigenvalue weighted by molar-refractivity contribution is -0.122. The van der Waals surface area contributed by atoms with Gasteiger partial charge in [0.2, 0.25) is 18.6 Å². The Hall–Kier alpha value is -4.33. The van der Waals surface area contributed by atoms with Gasteiger partial charge in [-0.1, -0.05) is 36.4 Å². The first kappa shape index (κ1) is 20.3. The first-order chi connectivity index (χ1) is 16.6. The Balaban J connectivity index is 1.29. The zero-order valence-corrected chi connectivity index (χ0v) is 18.5. The van der Waals surface area contributed by atoms with Gasteiger partial charge < -0.3 is 19.7 Å². The van der Waals surface area contributed by atoms with Gasteiger partial charge in [-0.25, -0.2) is 4.98 Å². The Morgan fingerprint density at radius 1 is 1.06 bits per heavy atom. The average Bonchev–Trinajstić information content (AvgIpc) is 3.57. The highest BCUT2D eigenvalue weighted by Gasteiger charge is 2.36. The van der Waals surface area contributed by atoms with E-state index in [1.807, 2.05) is 66.1 Å². The van der Waals surface area contributed by atoms with Crippen molar-refractivity contribution >= 4 is 29.0 Å². The third-order valence-corrected chi connectivity index (χ3v) is 6.30. The van der Waals surface area contributed by atoms with Gasteiger partial charge in [-0.15, -0.1) is 0 Å². The molecule has 1 atom stereocenters. The van der Waals surface area contributed by atoms with E-state index in [0.29, 0.717) is 35.2 Å². The van der Waals surface area contributed by atoms with Crippen molar-refractivity contribution < 1.29 is 19.1 Å². The van der Waals surface area contributed by atoms with Crippen LogP contribution in [0.5, 0.6) is 11.5 Å². The highest BCUT2D eigenvalue weighted by molar-refractivity contribution is 6.04. The van der Waals surface area contributed by atoms with Gasteiger partial charge in [0.25, 0.3) is 0 Å². The van der Waals surface area contributed by atoms with Gasteiger partial charge in [-0.2, -0.15) is 0 Å². The molecule has 4 heterocycles. The van der Waals surface area contributed by atoms with Gasteiger partial charge in [0.1, 0.15) is 17.2 Å². The van der Waals surface area contributed by atoms with Crippen LogP contribution >= 0.6 is 0 Å². The largest absolute Gasteiger partial charge is 0.454 e. The molecule has 8 heteroatoms. The summed E-state index contributed by atoms with van der Waals surface area (Å²) in [6.07, 6.45) is 2.02. The summed E-state index contributed by atoms with van der Waals surface area (Å²) in [4.78, 5) is 32.6. The first-order valence-corrected chi connectivity index (χ1v) is 11.1. The number of rotatable bonds is 4. The van der Waals surface area contributed by atoms with E-state index in [-0.39, 0.29) is 25.0 Å². The van der Waals surface area contributed by atoms with Crippen LogP contribution in [-0.2, 0) is 9.59 Å². The number of aromatic nitrogens is 2. The van der Waals surface area contributed by atoms with Crippen molar-refractivity contribution in [3.05, 3.63) is 72.4 Å². The number of benzene rings is 2. The molecular formula is C26H22N4O4. The molecule has 2 aliphatic rings. The number of amides is 2. The maximum absolute atomic E-state index is 13.4. The third-order valence-electron chi connectivity index (χ3n) is 6.30. The molecule has 170 valence electrons. The van der Waals surface area contributed by atoms with Crippen molar-refractivity contribution in [1.29, 1.82) is 0 Å². The minimum atomic E-state index is -0.489. The molecule has 0 saturated carbocycles. The summed E-state index contributed by atoms with van der Waals surface area (Å²) in [5, 5.41) is 3.07. The van der Waals surface area contributed by atoms with Crippen molar-refractivity contribution in [2.45, 2.75) is 13.3 Å². The van der Waals surface area contributed by atoms with Crippen molar-refractivity contribution in [2.75, 3.05) is 23.6 Å². The Labute approximate surface area is 195 Å². The molecule has 2 aromatic carbocycles. The smallest absolute Gasteiger partial charge is 0.231 e. The number of nitrogens with one attached hydrogen (secondary N) is 1. The summed E-state index contributed by atoms with van der Waals surface area (Å²) in [5.41, 5.74) is 4.08. The van der Waals surface area contributed by atoms with Crippen molar-refractivity contribution in [2.24, 2.45) is 5.92 Å². The van der Waals surface area contributed by atoms with Gasteiger partial charge in [0.15, 0.2) is 11.5 Å². The minimum absolute atomic E-state index is 0.101. The van der Waals surface area contributed by atoms with Gasteiger partial charge in [-0.3, -0.25) is 14.0 Å². The SMILES string of the molecule is Cc1cccn2c(NC(=O)[C@H]3CC(=O)N(c4ccc5c(c4)OCO5)C3)c(-c3ccccc3)nc12. The topological polar surface area (TPSA) is 85.2 Å². The molecule has 0 unspecified atom stereocenters. The first-order valence-electron chi connectivity index (χ1n) is 11.1. The molecule has 1 saturated heterocycles. The second kappa shape index (κ2) is 7.91. The van der Waals surface area contributed by atoms with E-state index in [4.69, 9.17) is 14.5 Å². The lowest BCUT2D eigenvalue weighted by Crippen LogP contribution is -2.28. The molecule has 34 heavy (non-hydrogen) atoms. The van der Waals surface area contributed by atoms with E-state index in [9.17, 15) is 9.59 Å². The van der Waals surface area contributed by atoms with Crippen LogP contribution in [0.25, 0.3) is 16.9 Å². The van der Waals surface area contributed by atoms with Crippen LogP contribution in [0.3, 0.4) is 0 Å². The quantitative estimate of drug-likeness (QED) is 0.503. The molecule has 2 aromatic heterocycles. The monoisotopic (exact) mass is 454 g/mol. The number of carbonyl (C=O) groups excluding carboxylic acids is 2. The number of anilines is 2. The average molecular weight is 454 g/mol. The number of pyridine rings is 1. The third kappa shape index (κ3) is 3.35. The molecular weight excluding hydrogens is 432 g/mol. The Bertz CT molecular complexity index is 1430. The number of ether oxygens (including phenoxy) is 2. The molecule has 8 nitrogen and oxygen atoms in total. The van der Waals surface area contributed by atoms with E-state index < -0.39 is 5.92 Å². The number of hydrogen-bond acceptors (Lipinski definition) is 5. The Kier molecular flexibility index (Phi) is 4.72. The molecule has 1 N–H and O–H groups in total. The number of hydrogen-bond donors (Lipinski definition) is 1. The Morgan fingerprint density at radius 2 is 1.88 bits per heavy atom. The summed E-state index contributed by atoms with van der Waals surface area (Å²) in [7, 11) is 0. The van der Waals surface area contributed by atoms with Gasteiger partial charge in [0.05, 0.1) is 5.92 Å². The lowest BCUT2D eigenvalue weighted by Gasteiger charge is -2.17. The summed E-state index contributed by atoms with van der Waals surface area (Å²) >= 11 is 0. The van der Waals surface area contributed by atoms with Crippen molar-refractivity contribution in [3.8, 4) is 22.8 Å². The molecule has 0 bridgehead atoms. The predicted octanol–water partition coefficient (Wildman–Crippen LogP) is 4.03. The molecule has 6 rings (SSSR count). The van der Waals surface area contributed by atoms with Crippen LogP contribution in [0.4, 0.5) is 11.5 Å². The molecule has 0 spiro atoms. The van der Waals surface area contributed by atoms with Crippen LogP contribution in [-0.4, -0.2) is 34.5 Å². The van der Waals surface area contributed by atoms with E-state index >= 15 is 0 Å². The highest BCUT2D eigenvalue weighted by Crippen LogP contribution is 2.37. The summed E-state index contributed by atoms with van der Waals surface area (Å²) in [6, 6.07) is 19.0. The molecule has 0 aliphatic carbocycles. The fourth-order valence-corrected chi connectivity index (χ4v) is 4.53. The summed E-state index contributed by atoms with van der Waals surface area (Å²) in [6.45, 7) is 2.45. The van der Waals surface area contributed by atoms with E-state index in [0.717, 1.165) is 16.8 Å². The highest BCUT2D eigenvalue weighted by atomic mass is 16.7. The zero-order valence-electron chi connectivity index (χ0n) is 18.5. The fourth-order valence-electron chi connectivity index (χ4n) is 4.53.